The summed E-state index contributed by atoms with van der Waals surface area (Å²) in [4.78, 5) is 51.6. The van der Waals surface area contributed by atoms with Gasteiger partial charge in [-0.1, -0.05) is 26.0 Å². The number of likely N-dealkylation sites (N-methyl/N-ethyl adjacent to an activating group) is 1. The van der Waals surface area contributed by atoms with Gasteiger partial charge in [0, 0.05) is 13.6 Å². The average molecular weight is 480 g/mol. The number of ether oxygens (including phenoxy) is 2. The Kier molecular flexibility index (Phi) is 10.8. The molecule has 2 unspecified atom stereocenters. The molecule has 190 valence electrons. The summed E-state index contributed by atoms with van der Waals surface area (Å²) < 4.78 is 10.1. The predicted octanol–water partition coefficient (Wildman–Crippen LogP) is 2.51. The van der Waals surface area contributed by atoms with E-state index < -0.39 is 41.6 Å². The molecule has 34 heavy (non-hydrogen) atoms. The molecule has 0 aliphatic carbocycles. The number of carbonyl (C=O) groups excluding carboxylic acids is 4. The summed E-state index contributed by atoms with van der Waals surface area (Å²) in [5, 5.41) is 14.9. The van der Waals surface area contributed by atoms with Gasteiger partial charge in [-0.3, -0.25) is 14.4 Å². The van der Waals surface area contributed by atoms with Gasteiger partial charge in [0.05, 0.1) is 13.0 Å². The molecular formula is C24H37N3O7. The van der Waals surface area contributed by atoms with Crippen LogP contribution in [0.15, 0.2) is 24.3 Å². The van der Waals surface area contributed by atoms with E-state index in [4.69, 9.17) is 9.47 Å². The fourth-order valence-corrected chi connectivity index (χ4v) is 3.12. The van der Waals surface area contributed by atoms with E-state index in [0.29, 0.717) is 5.56 Å². The van der Waals surface area contributed by atoms with Crippen molar-refractivity contribution in [3.63, 3.8) is 0 Å². The number of benzene rings is 1. The lowest BCUT2D eigenvalue weighted by Gasteiger charge is -2.33. The first-order chi connectivity index (χ1) is 15.8. The van der Waals surface area contributed by atoms with Gasteiger partial charge in [-0.25, -0.2) is 4.79 Å². The first-order valence-electron chi connectivity index (χ1n) is 11.2. The van der Waals surface area contributed by atoms with Gasteiger partial charge in [0.2, 0.25) is 11.8 Å². The first kappa shape index (κ1) is 28.7. The van der Waals surface area contributed by atoms with Crippen LogP contribution in [0, 0.1) is 5.92 Å². The van der Waals surface area contributed by atoms with Crippen LogP contribution in [-0.4, -0.2) is 65.7 Å². The van der Waals surface area contributed by atoms with E-state index in [1.165, 1.54) is 36.2 Å². The minimum absolute atomic E-state index is 0.00541. The van der Waals surface area contributed by atoms with Crippen LogP contribution in [0.4, 0.5) is 4.79 Å². The third kappa shape index (κ3) is 9.29. The maximum atomic E-state index is 13.4. The molecule has 3 amide bonds. The lowest BCUT2D eigenvalue weighted by atomic mass is 9.99. The van der Waals surface area contributed by atoms with E-state index >= 15 is 0 Å². The lowest BCUT2D eigenvalue weighted by molar-refractivity contribution is -0.144. The largest absolute Gasteiger partial charge is 0.508 e. The van der Waals surface area contributed by atoms with Crippen molar-refractivity contribution in [2.45, 2.75) is 65.6 Å². The van der Waals surface area contributed by atoms with Gasteiger partial charge in [-0.15, -0.1) is 0 Å². The molecule has 0 bridgehead atoms. The monoisotopic (exact) mass is 479 g/mol. The van der Waals surface area contributed by atoms with Crippen LogP contribution in [0.3, 0.4) is 0 Å². The third-order valence-electron chi connectivity index (χ3n) is 4.73. The Morgan fingerprint density at radius 1 is 1.09 bits per heavy atom. The minimum atomic E-state index is -1.07. The van der Waals surface area contributed by atoms with Gasteiger partial charge in [0.1, 0.15) is 23.4 Å². The van der Waals surface area contributed by atoms with E-state index in [0.717, 1.165) is 0 Å². The molecule has 1 aromatic rings. The van der Waals surface area contributed by atoms with Gasteiger partial charge in [-0.2, -0.15) is 0 Å². The summed E-state index contributed by atoms with van der Waals surface area (Å²) in [6.45, 7) is 10.6. The number of phenols is 1. The third-order valence-corrected chi connectivity index (χ3v) is 4.73. The molecular weight excluding hydrogens is 442 g/mol. The zero-order valence-electron chi connectivity index (χ0n) is 21.0. The molecule has 10 nitrogen and oxygen atoms in total. The van der Waals surface area contributed by atoms with Gasteiger partial charge in [-0.05, 0) is 51.3 Å². The van der Waals surface area contributed by atoms with Crippen molar-refractivity contribution in [3.8, 4) is 5.75 Å². The van der Waals surface area contributed by atoms with E-state index in [1.54, 1.807) is 41.5 Å². The standard InChI is InChI=1S/C24H37N3O7/c1-8-33-18(29)13-14-25-21(30)20(16-9-11-17(28)12-10-16)27(7)22(31)19(15(2)3)26-23(32)34-24(4,5)6/h9-12,15,19-20,28H,8,13-14H2,1-7H3,(H,25,30)(H,26,32). The molecule has 2 atom stereocenters. The van der Waals surface area contributed by atoms with Crippen molar-refractivity contribution in [2.24, 2.45) is 5.92 Å². The fraction of sp³-hybridized carbons (Fsp3) is 0.583. The quantitative estimate of drug-likeness (QED) is 0.439. The molecule has 1 aromatic carbocycles. The Bertz CT molecular complexity index is 847. The fourth-order valence-electron chi connectivity index (χ4n) is 3.12. The van der Waals surface area contributed by atoms with Crippen LogP contribution in [0.1, 0.15) is 59.6 Å². The molecule has 0 aliphatic heterocycles. The molecule has 0 fully saturated rings. The van der Waals surface area contributed by atoms with Gasteiger partial charge >= 0.3 is 12.1 Å². The molecule has 0 saturated carbocycles. The maximum absolute atomic E-state index is 13.4. The van der Waals surface area contributed by atoms with Crippen molar-refractivity contribution < 1.29 is 33.8 Å². The second kappa shape index (κ2) is 12.8. The lowest BCUT2D eigenvalue weighted by Crippen LogP contribution is -2.53. The molecule has 0 aliphatic rings. The highest BCUT2D eigenvalue weighted by Gasteiger charge is 2.35. The number of amides is 3. The number of nitrogens with zero attached hydrogens (tertiary/aromatic N) is 1. The first-order valence-corrected chi connectivity index (χ1v) is 11.2. The van der Waals surface area contributed by atoms with Crippen LogP contribution in [0.25, 0.3) is 0 Å². The Morgan fingerprint density at radius 2 is 1.68 bits per heavy atom. The predicted molar refractivity (Wildman–Crippen MR) is 126 cm³/mol. The second-order valence-electron chi connectivity index (χ2n) is 9.16. The maximum Gasteiger partial charge on any atom is 0.408 e. The van der Waals surface area contributed by atoms with E-state index in [1.807, 2.05) is 0 Å². The number of aromatic hydroxyl groups is 1. The average Bonchev–Trinajstić information content (AvgIpc) is 2.71. The van der Waals surface area contributed by atoms with Crippen molar-refractivity contribution in [1.29, 1.82) is 0 Å². The van der Waals surface area contributed by atoms with Crippen LogP contribution in [0.2, 0.25) is 0 Å². The topological polar surface area (TPSA) is 134 Å². The second-order valence-corrected chi connectivity index (χ2v) is 9.16. The van der Waals surface area contributed by atoms with Crippen LogP contribution in [0.5, 0.6) is 5.75 Å². The summed E-state index contributed by atoms with van der Waals surface area (Å²) in [6.07, 6.45) is -0.762. The van der Waals surface area contributed by atoms with Gasteiger partial charge in [0.15, 0.2) is 0 Å². The summed E-state index contributed by atoms with van der Waals surface area (Å²) >= 11 is 0. The Hall–Kier alpha value is -3.30. The highest BCUT2D eigenvalue weighted by molar-refractivity contribution is 5.92. The molecule has 0 radical (unpaired) electrons. The Morgan fingerprint density at radius 3 is 2.18 bits per heavy atom. The molecule has 0 heterocycles. The van der Waals surface area contributed by atoms with Gasteiger partial charge < -0.3 is 30.1 Å². The molecule has 0 spiro atoms. The van der Waals surface area contributed by atoms with Crippen LogP contribution >= 0.6 is 0 Å². The molecule has 0 aromatic heterocycles. The van der Waals surface area contributed by atoms with Crippen LogP contribution < -0.4 is 10.6 Å². The highest BCUT2D eigenvalue weighted by atomic mass is 16.6. The minimum Gasteiger partial charge on any atom is -0.508 e. The number of esters is 1. The SMILES string of the molecule is CCOC(=O)CCNC(=O)C(c1ccc(O)cc1)N(C)C(=O)C(NC(=O)OC(C)(C)C)C(C)C. The highest BCUT2D eigenvalue weighted by Crippen LogP contribution is 2.24. The zero-order valence-corrected chi connectivity index (χ0v) is 21.0. The number of carbonyl (C=O) groups is 4. The number of phenolic OH excluding ortho intramolecular Hbond substituents is 1. The van der Waals surface area contributed by atoms with Crippen molar-refractivity contribution in [1.82, 2.24) is 15.5 Å². The molecule has 0 saturated heterocycles. The number of hydrogen-bond acceptors (Lipinski definition) is 7. The van der Waals surface area contributed by atoms with Gasteiger partial charge in [0.25, 0.3) is 0 Å². The molecule has 3 N–H and O–H groups in total. The normalized spacial score (nSPS) is 12.9. The van der Waals surface area contributed by atoms with Crippen LogP contribution in [-0.2, 0) is 23.9 Å². The summed E-state index contributed by atoms with van der Waals surface area (Å²) in [5.41, 5.74) is -0.296. The summed E-state index contributed by atoms with van der Waals surface area (Å²) in [6, 6.07) is 3.85. The summed E-state index contributed by atoms with van der Waals surface area (Å²) in [5.74, 6) is -1.76. The Balaban J connectivity index is 3.12. The van der Waals surface area contributed by atoms with Crippen molar-refractivity contribution >= 4 is 23.9 Å². The number of alkyl carbamates (subject to hydrolysis) is 1. The zero-order chi connectivity index (χ0) is 26.1. The molecule has 10 heteroatoms. The van der Waals surface area contributed by atoms with E-state index in [9.17, 15) is 24.3 Å². The number of nitrogens with one attached hydrogen (secondary N) is 2. The van der Waals surface area contributed by atoms with Crippen molar-refractivity contribution in [2.75, 3.05) is 20.2 Å². The van der Waals surface area contributed by atoms with E-state index in [-0.39, 0.29) is 31.2 Å². The Labute approximate surface area is 201 Å². The number of hydrogen-bond donors (Lipinski definition) is 3. The number of rotatable bonds is 10. The molecule has 1 rings (SSSR count). The van der Waals surface area contributed by atoms with Crippen molar-refractivity contribution in [3.05, 3.63) is 29.8 Å². The smallest absolute Gasteiger partial charge is 0.408 e. The summed E-state index contributed by atoms with van der Waals surface area (Å²) in [7, 11) is 1.46. The van der Waals surface area contributed by atoms with E-state index in [2.05, 4.69) is 10.6 Å².